The van der Waals surface area contributed by atoms with Crippen LogP contribution >= 0.6 is 7.37 Å². The van der Waals surface area contributed by atoms with Crippen molar-refractivity contribution >= 4 is 62.7 Å². The molecule has 0 saturated heterocycles. The molecule has 1 spiro atoms. The molecule has 8 rings (SSSR count). The number of nitrogens with two attached hydrogens (primary N) is 2. The maximum Gasteiger partial charge on any atom is 0.442 e. The lowest BCUT2D eigenvalue weighted by molar-refractivity contribution is -0.166. The van der Waals surface area contributed by atoms with E-state index in [2.05, 4.69) is 26.2 Å². The van der Waals surface area contributed by atoms with E-state index in [9.17, 15) is 78.0 Å². The summed E-state index contributed by atoms with van der Waals surface area (Å²) in [6, 6.07) is 17.4. The van der Waals surface area contributed by atoms with Crippen LogP contribution in [0.1, 0.15) is 101 Å². The maximum atomic E-state index is 14.0. The molecule has 0 saturated carbocycles. The minimum absolute atomic E-state index is 0.0207. The van der Waals surface area contributed by atoms with Crippen LogP contribution in [0.3, 0.4) is 0 Å². The lowest BCUT2D eigenvalue weighted by atomic mass is 9.77. The highest BCUT2D eigenvalue weighted by Crippen LogP contribution is 2.60. The zero-order valence-electron chi connectivity index (χ0n) is 44.8. The first-order valence-electron chi connectivity index (χ1n) is 25.9. The van der Waals surface area contributed by atoms with Gasteiger partial charge in [-0.2, -0.15) is 30.0 Å². The van der Waals surface area contributed by atoms with Crippen LogP contribution in [0.2, 0.25) is 0 Å². The molecule has 456 valence electrons. The number of benzene rings is 5. The molecule has 2 amide bonds. The van der Waals surface area contributed by atoms with Crippen LogP contribution in [0.15, 0.2) is 105 Å². The highest BCUT2D eigenvalue weighted by molar-refractivity contribution is 7.86. The first kappa shape index (κ1) is 63.4. The number of carboxylic acids is 1. The van der Waals surface area contributed by atoms with Gasteiger partial charge >= 0.3 is 23.8 Å². The van der Waals surface area contributed by atoms with Crippen LogP contribution in [-0.4, -0.2) is 142 Å². The van der Waals surface area contributed by atoms with Crippen LogP contribution in [0, 0.1) is 0 Å². The van der Waals surface area contributed by atoms with Crippen molar-refractivity contribution in [3.8, 4) is 17.2 Å². The van der Waals surface area contributed by atoms with E-state index < -0.39 is 113 Å². The number of aromatic carboxylic acids is 1. The summed E-state index contributed by atoms with van der Waals surface area (Å²) in [5.74, 6) is -5.25. The van der Waals surface area contributed by atoms with Gasteiger partial charge in [-0.1, -0.05) is 24.6 Å². The molecule has 0 aromatic heterocycles. The summed E-state index contributed by atoms with van der Waals surface area (Å²) in [6.07, 6.45) is -5.50. The van der Waals surface area contributed by atoms with Crippen LogP contribution in [0.25, 0.3) is 0 Å². The number of carbonyl (C=O) groups is 4. The topological polar surface area (TPSA) is 414 Å². The monoisotopic (exact) mass is 1250 g/mol. The van der Waals surface area contributed by atoms with E-state index >= 15 is 0 Å². The van der Waals surface area contributed by atoms with Crippen molar-refractivity contribution in [2.45, 2.75) is 65.6 Å². The molecule has 32 heteroatoms. The fourth-order valence-corrected chi connectivity index (χ4v) is 12.9. The van der Waals surface area contributed by atoms with Gasteiger partial charge in [-0.05, 0) is 92.1 Å². The van der Waals surface area contributed by atoms with E-state index in [0.29, 0.717) is 18.4 Å². The first-order valence-corrected chi connectivity index (χ1v) is 30.8. The van der Waals surface area contributed by atoms with Crippen molar-refractivity contribution in [1.29, 1.82) is 0 Å². The van der Waals surface area contributed by atoms with E-state index in [1.807, 2.05) is 0 Å². The Kier molecular flexibility index (Phi) is 18.8. The van der Waals surface area contributed by atoms with Crippen molar-refractivity contribution in [3.63, 3.8) is 0 Å². The number of aliphatic hydroxyl groups excluding tert-OH is 1. The molecule has 85 heavy (non-hydrogen) atoms. The van der Waals surface area contributed by atoms with Crippen molar-refractivity contribution in [2.75, 3.05) is 76.5 Å². The van der Waals surface area contributed by atoms with Crippen LogP contribution in [-0.2, 0) is 50.3 Å². The third-order valence-electron chi connectivity index (χ3n) is 13.9. The van der Waals surface area contributed by atoms with Gasteiger partial charge in [0.15, 0.2) is 26.9 Å². The zero-order chi connectivity index (χ0) is 61.9. The number of carbonyl (C=O) groups excluding carboxylic acids is 3. The minimum atomic E-state index is -5.25. The SMILES string of the molecule is C[C@@H](NC[C@H](O)CP(=O)(O)CCCCCNC(=O)c1ccc(C2(C(F)(F)F)N=N2)cc1OCCOCCOCCNC(=O)c1ccc2c(c1)C1(OC2=O)c2ccc(N)c(S(=O)(=O)O)c2Oc2c1ccc(N)c2S(=O)(=O)O)c1cccc(C(=O)O)c1. The molecule has 3 atom stereocenters. The molecular formula is C53H57F3N7O19PS2. The van der Waals surface area contributed by atoms with Gasteiger partial charge in [0.05, 0.1) is 66.8 Å². The quantitative estimate of drug-likeness (QED) is 0.00969. The molecule has 12 N–H and O–H groups in total. The van der Waals surface area contributed by atoms with Crippen molar-refractivity contribution in [1.82, 2.24) is 16.0 Å². The standard InChI is InChI=1S/C53H57F3N7O19PS2/c1-29(30-6-5-7-32(24-30)49(67)68)61-27-34(64)28-83(70,71)23-4-2-3-16-59-48(66)36-11-9-33(52(62-63-52)53(54,55)56)26-42(36)80-22-21-79-20-19-78-18-17-60-47(65)31-8-10-35-39(25-31)51(82-50(35)69)37-12-14-40(57)45(84(72,73)74)43(37)81-44-38(51)13-15-41(58)46(44)85(75,76)77/h5-15,24-26,29,34,61,64H,2-4,16-23,27-28,57-58H2,1H3,(H,59,66)(H,60,65)(H,67,68)(H,70,71)(H,72,73,74)(H,75,76,77)/t29-,34+/m1/s1. The Morgan fingerprint density at radius 1 is 0.765 bits per heavy atom. The van der Waals surface area contributed by atoms with E-state index in [0.717, 1.165) is 30.3 Å². The summed E-state index contributed by atoms with van der Waals surface area (Å²) in [5.41, 5.74) is 5.06. The Hall–Kier alpha value is -7.58. The van der Waals surface area contributed by atoms with Gasteiger partial charge in [0.1, 0.15) is 12.4 Å². The van der Waals surface area contributed by atoms with Crippen molar-refractivity contribution in [3.05, 3.63) is 135 Å². The average Bonchev–Trinajstić information content (AvgIpc) is 1.21. The second-order valence-corrected chi connectivity index (χ2v) is 25.0. The highest BCUT2D eigenvalue weighted by Gasteiger charge is 2.65. The minimum Gasteiger partial charge on any atom is -0.490 e. The predicted octanol–water partition coefficient (Wildman–Crippen LogP) is 5.52. The number of nitrogens with zero attached hydrogens (tertiary/aromatic N) is 2. The number of carboxylic acid groups (broad SMARTS) is 1. The van der Waals surface area contributed by atoms with Gasteiger partial charge in [-0.15, -0.1) is 10.2 Å². The number of unbranched alkanes of at least 4 members (excludes halogenated alkanes) is 2. The van der Waals surface area contributed by atoms with Crippen molar-refractivity contribution in [2.24, 2.45) is 10.2 Å². The van der Waals surface area contributed by atoms with Gasteiger partial charge in [0.25, 0.3) is 32.1 Å². The number of amides is 2. The maximum absolute atomic E-state index is 14.0. The molecule has 5 aromatic carbocycles. The zero-order valence-corrected chi connectivity index (χ0v) is 47.4. The lowest BCUT2D eigenvalue weighted by Gasteiger charge is -2.37. The Morgan fingerprint density at radius 2 is 1.39 bits per heavy atom. The molecule has 3 aliphatic heterocycles. The Bertz CT molecular complexity index is 3670. The van der Waals surface area contributed by atoms with E-state index in [1.165, 1.54) is 42.5 Å². The second-order valence-electron chi connectivity index (χ2n) is 19.8. The van der Waals surface area contributed by atoms with Gasteiger partial charge in [-0.3, -0.25) is 23.3 Å². The number of fused-ring (bicyclic) bond motifs is 6. The molecule has 3 aliphatic rings. The number of hydrogen-bond donors (Lipinski definition) is 10. The largest absolute Gasteiger partial charge is 0.490 e. The van der Waals surface area contributed by atoms with E-state index in [4.69, 9.17) is 35.2 Å². The molecular weight excluding hydrogens is 1190 g/mol. The average molecular weight is 1250 g/mol. The second kappa shape index (κ2) is 25.2. The summed E-state index contributed by atoms with van der Waals surface area (Å²) in [7, 11) is -14.3. The van der Waals surface area contributed by atoms with Crippen LogP contribution in [0.5, 0.6) is 17.2 Å². The number of nitrogen functional groups attached to an aromatic ring is 2. The summed E-state index contributed by atoms with van der Waals surface area (Å²) in [5, 5.41) is 34.5. The molecule has 0 radical (unpaired) electrons. The summed E-state index contributed by atoms with van der Waals surface area (Å²) >= 11 is 0. The number of nitrogens with one attached hydrogen (secondary N) is 3. The predicted molar refractivity (Wildman–Crippen MR) is 293 cm³/mol. The summed E-state index contributed by atoms with van der Waals surface area (Å²) in [4.78, 5) is 60.2. The first-order chi connectivity index (χ1) is 40.0. The molecule has 0 bridgehead atoms. The number of anilines is 2. The number of hydrogen-bond acceptors (Lipinski definition) is 20. The molecule has 0 fully saturated rings. The number of ether oxygens (including phenoxy) is 5. The van der Waals surface area contributed by atoms with Gasteiger partial charge in [0, 0.05) is 59.7 Å². The Morgan fingerprint density at radius 3 is 2.00 bits per heavy atom. The Labute approximate surface area is 483 Å². The molecule has 5 aromatic rings. The number of halogens is 3. The van der Waals surface area contributed by atoms with E-state index in [-0.39, 0.29) is 122 Å². The molecule has 1 unspecified atom stereocenters. The Balaban J connectivity index is 0.802. The number of esters is 1. The normalized spacial score (nSPS) is 16.0. The third kappa shape index (κ3) is 13.9. The highest BCUT2D eigenvalue weighted by atomic mass is 32.2. The van der Waals surface area contributed by atoms with Crippen LogP contribution in [0.4, 0.5) is 24.5 Å². The third-order valence-corrected chi connectivity index (χ3v) is 17.7. The van der Waals surface area contributed by atoms with E-state index in [1.54, 1.807) is 19.1 Å². The van der Waals surface area contributed by atoms with Crippen molar-refractivity contribution < 1.29 is 102 Å². The lowest BCUT2D eigenvalue weighted by Crippen LogP contribution is -2.35. The van der Waals surface area contributed by atoms with Gasteiger partial charge < -0.3 is 66.2 Å². The summed E-state index contributed by atoms with van der Waals surface area (Å²) in [6.45, 7) is 1.25. The smallest absolute Gasteiger partial charge is 0.442 e. The van der Waals surface area contributed by atoms with Crippen LogP contribution < -0.4 is 36.9 Å². The number of rotatable bonds is 28. The fraction of sp³-hybridized carbons (Fsp3) is 0.358. The number of alkyl halides is 3. The summed E-state index contributed by atoms with van der Waals surface area (Å²) < 4.78 is 155. The molecule has 0 aliphatic carbocycles. The van der Waals surface area contributed by atoms with Gasteiger partial charge in [0.2, 0.25) is 7.37 Å². The fourth-order valence-electron chi connectivity index (χ4n) is 9.67. The number of aliphatic hydroxyl groups is 1. The molecule has 26 nitrogen and oxygen atoms in total. The van der Waals surface area contributed by atoms with Gasteiger partial charge in [-0.25, -0.2) is 9.59 Å². The molecule has 3 heterocycles.